The van der Waals surface area contributed by atoms with Crippen LogP contribution in [-0.2, 0) is 0 Å². The number of amides is 1. The van der Waals surface area contributed by atoms with Gasteiger partial charge >= 0.3 is 0 Å². The van der Waals surface area contributed by atoms with Crippen LogP contribution < -0.4 is 20.1 Å². The van der Waals surface area contributed by atoms with E-state index >= 15 is 0 Å². The number of benzene rings is 2. The summed E-state index contributed by atoms with van der Waals surface area (Å²) in [4.78, 5) is 12.4. The first-order valence-corrected chi connectivity index (χ1v) is 8.30. The first-order valence-electron chi connectivity index (χ1n) is 7.89. The van der Waals surface area contributed by atoms with Crippen molar-refractivity contribution in [2.75, 3.05) is 19.5 Å². The van der Waals surface area contributed by atoms with Crippen LogP contribution in [0.15, 0.2) is 42.5 Å². The predicted octanol–water partition coefficient (Wildman–Crippen LogP) is 3.95. The Morgan fingerprint density at radius 3 is 2.36 bits per heavy atom. The van der Waals surface area contributed by atoms with E-state index in [1.54, 1.807) is 25.3 Å². The van der Waals surface area contributed by atoms with Crippen LogP contribution in [0.3, 0.4) is 0 Å². The summed E-state index contributed by atoms with van der Waals surface area (Å²) in [6.07, 6.45) is 0. The van der Waals surface area contributed by atoms with Gasteiger partial charge in [0, 0.05) is 11.3 Å². The standard InChI is InChI=1S/C19H22N2O3S/c1-12(2)14-7-5-6-8-15(14)20-19(25)21-18(22)13-9-10-16(23-3)17(11-13)24-4/h5-12H,1-4H3,(H2,20,21,22,25). The molecule has 1 amide bonds. The Labute approximate surface area is 153 Å². The highest BCUT2D eigenvalue weighted by Crippen LogP contribution is 2.27. The first kappa shape index (κ1) is 18.7. The minimum Gasteiger partial charge on any atom is -0.493 e. The first-order chi connectivity index (χ1) is 12.0. The lowest BCUT2D eigenvalue weighted by Crippen LogP contribution is -2.34. The summed E-state index contributed by atoms with van der Waals surface area (Å²) in [7, 11) is 3.07. The van der Waals surface area contributed by atoms with Gasteiger partial charge in [-0.3, -0.25) is 10.1 Å². The zero-order valence-electron chi connectivity index (χ0n) is 14.8. The van der Waals surface area contributed by atoms with E-state index in [1.807, 2.05) is 24.3 Å². The molecular weight excluding hydrogens is 336 g/mol. The minimum absolute atomic E-state index is 0.243. The number of ether oxygens (including phenoxy) is 2. The van der Waals surface area contributed by atoms with Crippen molar-refractivity contribution in [3.63, 3.8) is 0 Å². The third-order valence-corrected chi connectivity index (χ3v) is 3.91. The van der Waals surface area contributed by atoms with Crippen LogP contribution in [0.25, 0.3) is 0 Å². The Balaban J connectivity index is 2.10. The second-order valence-electron chi connectivity index (χ2n) is 5.72. The van der Waals surface area contributed by atoms with Crippen molar-refractivity contribution in [1.29, 1.82) is 0 Å². The van der Waals surface area contributed by atoms with Crippen molar-refractivity contribution in [3.05, 3.63) is 53.6 Å². The molecule has 2 rings (SSSR count). The molecule has 0 saturated heterocycles. The molecule has 5 nitrogen and oxygen atoms in total. The summed E-state index contributed by atoms with van der Waals surface area (Å²) >= 11 is 5.27. The largest absolute Gasteiger partial charge is 0.493 e. The second-order valence-corrected chi connectivity index (χ2v) is 6.13. The monoisotopic (exact) mass is 358 g/mol. The molecule has 0 bridgehead atoms. The SMILES string of the molecule is COc1ccc(C(=O)NC(=S)Nc2ccccc2C(C)C)cc1OC. The predicted molar refractivity (Wildman–Crippen MR) is 104 cm³/mol. The molecule has 2 N–H and O–H groups in total. The van der Waals surface area contributed by atoms with Gasteiger partial charge in [-0.05, 0) is 48.0 Å². The fourth-order valence-corrected chi connectivity index (χ4v) is 2.62. The molecule has 0 heterocycles. The summed E-state index contributed by atoms with van der Waals surface area (Å²) < 4.78 is 10.4. The molecule has 132 valence electrons. The fraction of sp³-hybridized carbons (Fsp3) is 0.263. The molecule has 0 aromatic heterocycles. The van der Waals surface area contributed by atoms with Gasteiger partial charge in [-0.2, -0.15) is 0 Å². The van der Waals surface area contributed by atoms with Crippen LogP contribution >= 0.6 is 12.2 Å². The van der Waals surface area contributed by atoms with Crippen LogP contribution in [0.5, 0.6) is 11.5 Å². The fourth-order valence-electron chi connectivity index (χ4n) is 2.42. The smallest absolute Gasteiger partial charge is 0.257 e. The average molecular weight is 358 g/mol. The Morgan fingerprint density at radius 1 is 1.04 bits per heavy atom. The highest BCUT2D eigenvalue weighted by Gasteiger charge is 2.13. The number of rotatable bonds is 5. The maximum absolute atomic E-state index is 12.4. The van der Waals surface area contributed by atoms with Crippen molar-refractivity contribution >= 4 is 28.9 Å². The van der Waals surface area contributed by atoms with Crippen LogP contribution in [0.4, 0.5) is 5.69 Å². The molecule has 0 unspecified atom stereocenters. The molecule has 0 atom stereocenters. The Bertz CT molecular complexity index is 775. The number of nitrogens with one attached hydrogen (secondary N) is 2. The maximum atomic E-state index is 12.4. The summed E-state index contributed by atoms with van der Waals surface area (Å²) in [6.45, 7) is 4.21. The molecule has 0 aliphatic rings. The summed E-state index contributed by atoms with van der Waals surface area (Å²) in [6, 6.07) is 12.8. The van der Waals surface area contributed by atoms with Gasteiger partial charge in [0.05, 0.1) is 14.2 Å². The number of carbonyl (C=O) groups excluding carboxylic acids is 1. The molecule has 0 fully saturated rings. The van der Waals surface area contributed by atoms with Crippen LogP contribution in [0, 0.1) is 0 Å². The lowest BCUT2D eigenvalue weighted by atomic mass is 10.0. The molecule has 0 radical (unpaired) electrons. The van der Waals surface area contributed by atoms with E-state index in [2.05, 4.69) is 24.5 Å². The van der Waals surface area contributed by atoms with Gasteiger partial charge in [-0.25, -0.2) is 0 Å². The number of methoxy groups -OCH3 is 2. The van der Waals surface area contributed by atoms with E-state index in [0.29, 0.717) is 23.0 Å². The Morgan fingerprint density at radius 2 is 1.72 bits per heavy atom. The second kappa shape index (κ2) is 8.48. The van der Waals surface area contributed by atoms with E-state index in [1.165, 1.54) is 7.11 Å². The molecule has 0 spiro atoms. The zero-order chi connectivity index (χ0) is 18.4. The number of carbonyl (C=O) groups is 1. The van der Waals surface area contributed by atoms with Gasteiger partial charge in [-0.1, -0.05) is 32.0 Å². The van der Waals surface area contributed by atoms with Gasteiger partial charge in [0.25, 0.3) is 5.91 Å². The van der Waals surface area contributed by atoms with Crippen LogP contribution in [-0.4, -0.2) is 25.2 Å². The van der Waals surface area contributed by atoms with E-state index in [-0.39, 0.29) is 11.0 Å². The Kier molecular flexibility index (Phi) is 6.36. The van der Waals surface area contributed by atoms with Gasteiger partial charge in [0.15, 0.2) is 16.6 Å². The Hall–Kier alpha value is -2.60. The van der Waals surface area contributed by atoms with Crippen molar-refractivity contribution in [1.82, 2.24) is 5.32 Å². The van der Waals surface area contributed by atoms with E-state index in [0.717, 1.165) is 11.3 Å². The van der Waals surface area contributed by atoms with Crippen LogP contribution in [0.2, 0.25) is 0 Å². The lowest BCUT2D eigenvalue weighted by molar-refractivity contribution is 0.0977. The van der Waals surface area contributed by atoms with Gasteiger partial charge in [-0.15, -0.1) is 0 Å². The highest BCUT2D eigenvalue weighted by atomic mass is 32.1. The molecule has 25 heavy (non-hydrogen) atoms. The summed E-state index contributed by atoms with van der Waals surface area (Å²) in [5.74, 6) is 1.07. The van der Waals surface area contributed by atoms with E-state index in [9.17, 15) is 4.79 Å². The molecule has 6 heteroatoms. The number of hydrogen-bond acceptors (Lipinski definition) is 4. The van der Waals surface area contributed by atoms with Crippen molar-refractivity contribution < 1.29 is 14.3 Å². The van der Waals surface area contributed by atoms with Gasteiger partial charge < -0.3 is 14.8 Å². The zero-order valence-corrected chi connectivity index (χ0v) is 15.6. The maximum Gasteiger partial charge on any atom is 0.257 e. The summed E-state index contributed by atoms with van der Waals surface area (Å²) in [5.41, 5.74) is 2.44. The van der Waals surface area contributed by atoms with Crippen LogP contribution in [0.1, 0.15) is 35.7 Å². The minimum atomic E-state index is -0.319. The number of thiocarbonyl (C=S) groups is 1. The molecule has 0 aliphatic carbocycles. The lowest BCUT2D eigenvalue weighted by Gasteiger charge is -2.16. The van der Waals surface area contributed by atoms with E-state index < -0.39 is 0 Å². The van der Waals surface area contributed by atoms with E-state index in [4.69, 9.17) is 21.7 Å². The molecular formula is C19H22N2O3S. The van der Waals surface area contributed by atoms with Gasteiger partial charge in [0.2, 0.25) is 0 Å². The third-order valence-electron chi connectivity index (χ3n) is 3.70. The number of anilines is 1. The van der Waals surface area contributed by atoms with Crippen molar-refractivity contribution in [2.45, 2.75) is 19.8 Å². The molecule has 0 saturated carbocycles. The number of para-hydroxylation sites is 1. The molecule has 2 aromatic carbocycles. The number of hydrogen-bond donors (Lipinski definition) is 2. The van der Waals surface area contributed by atoms with Crippen molar-refractivity contribution in [3.8, 4) is 11.5 Å². The normalized spacial score (nSPS) is 10.3. The molecule has 0 aliphatic heterocycles. The van der Waals surface area contributed by atoms with Gasteiger partial charge in [0.1, 0.15) is 0 Å². The quantitative estimate of drug-likeness (QED) is 0.793. The van der Waals surface area contributed by atoms with Crippen molar-refractivity contribution in [2.24, 2.45) is 0 Å². The highest BCUT2D eigenvalue weighted by molar-refractivity contribution is 7.80. The third kappa shape index (κ3) is 4.70. The molecule has 2 aromatic rings. The topological polar surface area (TPSA) is 59.6 Å². The summed E-state index contributed by atoms with van der Waals surface area (Å²) in [5, 5.41) is 6.02. The average Bonchev–Trinajstić information content (AvgIpc) is 2.61.